The summed E-state index contributed by atoms with van der Waals surface area (Å²) in [6.45, 7) is 9.36. The third-order valence-electron chi connectivity index (χ3n) is 5.58. The van der Waals surface area contributed by atoms with Crippen LogP contribution in [0.15, 0.2) is 4.99 Å². The molecule has 3 rings (SSSR count). The molecule has 0 aromatic carbocycles. The number of rotatable bonds is 5. The van der Waals surface area contributed by atoms with Crippen molar-refractivity contribution in [3.05, 3.63) is 5.82 Å². The molecule has 0 bridgehead atoms. The first kappa shape index (κ1) is 24.1. The fraction of sp³-hybridized carbons (Fsp3) is 0.789. The van der Waals surface area contributed by atoms with E-state index in [1.807, 2.05) is 11.9 Å². The maximum absolute atomic E-state index is 12.5. The van der Waals surface area contributed by atoms with Crippen molar-refractivity contribution in [3.8, 4) is 0 Å². The highest BCUT2D eigenvalue weighted by Gasteiger charge is 2.24. The van der Waals surface area contributed by atoms with E-state index >= 15 is 0 Å². The molecule has 2 aliphatic heterocycles. The molecular formula is C19H34IN7OS. The number of piperazine rings is 1. The Balaban J connectivity index is 0.00000300. The number of halogens is 1. The highest BCUT2D eigenvalue weighted by molar-refractivity contribution is 14.0. The van der Waals surface area contributed by atoms with Crippen LogP contribution in [0.4, 0.5) is 5.13 Å². The number of piperidine rings is 1. The summed E-state index contributed by atoms with van der Waals surface area (Å²) in [6.07, 6.45) is 4.89. The average molecular weight is 536 g/mol. The number of anilines is 1. The van der Waals surface area contributed by atoms with E-state index in [9.17, 15) is 4.79 Å². The molecule has 1 aromatic heterocycles. The van der Waals surface area contributed by atoms with Gasteiger partial charge >= 0.3 is 0 Å². The van der Waals surface area contributed by atoms with Crippen molar-refractivity contribution in [2.45, 2.75) is 52.0 Å². The lowest BCUT2D eigenvalue weighted by Gasteiger charge is -2.36. The van der Waals surface area contributed by atoms with Crippen LogP contribution in [0.2, 0.25) is 0 Å². The molecule has 1 N–H and O–H groups in total. The first-order chi connectivity index (χ1) is 13.6. The van der Waals surface area contributed by atoms with E-state index in [1.54, 1.807) is 0 Å². The van der Waals surface area contributed by atoms with Gasteiger partial charge in [-0.2, -0.15) is 4.37 Å². The molecule has 1 aromatic rings. The van der Waals surface area contributed by atoms with Crippen molar-refractivity contribution in [2.75, 3.05) is 51.2 Å². The Morgan fingerprint density at radius 3 is 2.62 bits per heavy atom. The molecule has 2 fully saturated rings. The molecule has 1 unspecified atom stereocenters. The second-order valence-corrected chi connectivity index (χ2v) is 8.21. The molecule has 29 heavy (non-hydrogen) atoms. The average Bonchev–Trinajstić information content (AvgIpc) is 3.21. The van der Waals surface area contributed by atoms with Gasteiger partial charge in [0, 0.05) is 76.7 Å². The third-order valence-corrected chi connectivity index (χ3v) is 6.40. The monoisotopic (exact) mass is 535 g/mol. The molecule has 0 aliphatic carbocycles. The molecule has 3 heterocycles. The number of hydrogen-bond donors (Lipinski definition) is 1. The fourth-order valence-corrected chi connectivity index (χ4v) is 4.65. The summed E-state index contributed by atoms with van der Waals surface area (Å²) in [5.74, 6) is 2.06. The van der Waals surface area contributed by atoms with Crippen molar-refractivity contribution in [1.82, 2.24) is 24.5 Å². The summed E-state index contributed by atoms with van der Waals surface area (Å²) in [5, 5.41) is 4.39. The number of aryl methyl sites for hydroxylation is 1. The number of guanidine groups is 1. The Hall–Kier alpha value is -1.17. The maximum atomic E-state index is 12.5. The molecule has 0 radical (unpaired) electrons. The maximum Gasteiger partial charge on any atom is 0.224 e. The van der Waals surface area contributed by atoms with Gasteiger partial charge in [0.15, 0.2) is 5.96 Å². The number of aromatic nitrogens is 2. The standard InChI is InChI=1S/C19H33N7OS.HI/c1-4-16-22-19(28-23-16)25-13-11-24(12-14-25)18(20-3)21-9-8-17(27)26-10-6-5-7-15(26)2;/h15H,4-14H2,1-3H3,(H,20,21);1H. The van der Waals surface area contributed by atoms with Crippen molar-refractivity contribution in [1.29, 1.82) is 0 Å². The Kier molecular flexibility index (Phi) is 9.87. The summed E-state index contributed by atoms with van der Waals surface area (Å²) in [7, 11) is 1.81. The first-order valence-corrected chi connectivity index (χ1v) is 11.2. The zero-order valence-corrected chi connectivity index (χ0v) is 20.9. The molecule has 0 saturated carbocycles. The number of likely N-dealkylation sites (tertiary alicyclic amines) is 1. The van der Waals surface area contributed by atoms with Gasteiger partial charge in [-0.25, -0.2) is 4.98 Å². The third kappa shape index (κ3) is 6.40. The van der Waals surface area contributed by atoms with Crippen LogP contribution in [-0.4, -0.2) is 83.4 Å². The lowest BCUT2D eigenvalue weighted by molar-refractivity contribution is -0.134. The number of nitrogens with zero attached hydrogens (tertiary/aromatic N) is 6. The summed E-state index contributed by atoms with van der Waals surface area (Å²) >= 11 is 1.49. The second kappa shape index (κ2) is 11.9. The van der Waals surface area contributed by atoms with Crippen molar-refractivity contribution >= 4 is 52.5 Å². The Morgan fingerprint density at radius 1 is 1.24 bits per heavy atom. The molecular weight excluding hydrogens is 501 g/mol. The Bertz CT molecular complexity index is 675. The molecule has 8 nitrogen and oxygen atoms in total. The van der Waals surface area contributed by atoms with E-state index in [2.05, 4.69) is 43.3 Å². The summed E-state index contributed by atoms with van der Waals surface area (Å²) < 4.78 is 4.38. The number of amides is 1. The molecule has 1 amide bonds. The van der Waals surface area contributed by atoms with Crippen molar-refractivity contribution < 1.29 is 4.79 Å². The number of nitrogens with one attached hydrogen (secondary N) is 1. The molecule has 2 saturated heterocycles. The minimum atomic E-state index is 0. The van der Waals surface area contributed by atoms with Gasteiger partial charge in [0.2, 0.25) is 11.0 Å². The van der Waals surface area contributed by atoms with Gasteiger partial charge in [-0.3, -0.25) is 9.79 Å². The largest absolute Gasteiger partial charge is 0.356 e. The van der Waals surface area contributed by atoms with E-state index in [-0.39, 0.29) is 29.9 Å². The van der Waals surface area contributed by atoms with Gasteiger partial charge in [0.25, 0.3) is 0 Å². The minimum absolute atomic E-state index is 0. The Morgan fingerprint density at radius 2 is 2.00 bits per heavy atom. The fourth-order valence-electron chi connectivity index (χ4n) is 3.85. The second-order valence-electron chi connectivity index (χ2n) is 7.48. The smallest absolute Gasteiger partial charge is 0.224 e. The van der Waals surface area contributed by atoms with Crippen molar-refractivity contribution in [2.24, 2.45) is 4.99 Å². The van der Waals surface area contributed by atoms with E-state index in [0.29, 0.717) is 19.0 Å². The zero-order valence-electron chi connectivity index (χ0n) is 17.8. The van der Waals surface area contributed by atoms with E-state index in [4.69, 9.17) is 0 Å². The molecule has 10 heteroatoms. The van der Waals surface area contributed by atoms with Gasteiger partial charge in [-0.05, 0) is 26.2 Å². The zero-order chi connectivity index (χ0) is 19.9. The van der Waals surface area contributed by atoms with E-state index < -0.39 is 0 Å². The van der Waals surface area contributed by atoms with Crippen LogP contribution in [0.1, 0.15) is 45.4 Å². The van der Waals surface area contributed by atoms with Gasteiger partial charge in [-0.15, -0.1) is 24.0 Å². The molecule has 164 valence electrons. The lowest BCUT2D eigenvalue weighted by Crippen LogP contribution is -2.53. The summed E-state index contributed by atoms with van der Waals surface area (Å²) in [4.78, 5) is 28.1. The highest BCUT2D eigenvalue weighted by atomic mass is 127. The lowest BCUT2D eigenvalue weighted by atomic mass is 10.0. The van der Waals surface area contributed by atoms with Crippen LogP contribution in [0, 0.1) is 0 Å². The number of carbonyl (C=O) groups excluding carboxylic acids is 1. The van der Waals surface area contributed by atoms with Crippen LogP contribution in [0.5, 0.6) is 0 Å². The van der Waals surface area contributed by atoms with Crippen LogP contribution in [0.3, 0.4) is 0 Å². The van der Waals surface area contributed by atoms with Crippen LogP contribution >= 0.6 is 35.5 Å². The summed E-state index contributed by atoms with van der Waals surface area (Å²) in [5.41, 5.74) is 0. The first-order valence-electron chi connectivity index (χ1n) is 10.4. The molecule has 1 atom stereocenters. The summed E-state index contributed by atoms with van der Waals surface area (Å²) in [6, 6.07) is 0.377. The van der Waals surface area contributed by atoms with E-state index in [0.717, 1.165) is 68.9 Å². The van der Waals surface area contributed by atoms with Gasteiger partial charge < -0.3 is 20.0 Å². The Labute approximate surface area is 195 Å². The predicted molar refractivity (Wildman–Crippen MR) is 129 cm³/mol. The topological polar surface area (TPSA) is 77.0 Å². The van der Waals surface area contributed by atoms with Crippen LogP contribution in [-0.2, 0) is 11.2 Å². The quantitative estimate of drug-likeness (QED) is 0.354. The van der Waals surface area contributed by atoms with E-state index in [1.165, 1.54) is 18.0 Å². The van der Waals surface area contributed by atoms with Crippen molar-refractivity contribution in [3.63, 3.8) is 0 Å². The van der Waals surface area contributed by atoms with Crippen LogP contribution in [0.25, 0.3) is 0 Å². The number of carbonyl (C=O) groups is 1. The van der Waals surface area contributed by atoms with Gasteiger partial charge in [-0.1, -0.05) is 6.92 Å². The molecule has 0 spiro atoms. The molecule has 2 aliphatic rings. The normalized spacial score (nSPS) is 20.4. The van der Waals surface area contributed by atoms with Crippen LogP contribution < -0.4 is 10.2 Å². The number of aliphatic imine (C=N–C) groups is 1. The number of hydrogen-bond acceptors (Lipinski definition) is 6. The van der Waals surface area contributed by atoms with Gasteiger partial charge in [0.1, 0.15) is 5.82 Å². The van der Waals surface area contributed by atoms with Gasteiger partial charge in [0.05, 0.1) is 0 Å². The predicted octanol–water partition coefficient (Wildman–Crippen LogP) is 2.21. The SMILES string of the molecule is CCc1nsc(N2CCN(C(=NC)NCCC(=O)N3CCCCC3C)CC2)n1.I. The minimum Gasteiger partial charge on any atom is -0.356 e. The highest BCUT2D eigenvalue weighted by Crippen LogP contribution is 2.19.